The Kier molecular flexibility index (Phi) is 8.38. The molecule has 1 atom stereocenters. The fraction of sp³-hybridized carbons (Fsp3) is 0.448. The summed E-state index contributed by atoms with van der Waals surface area (Å²) in [6.45, 7) is 8.45. The lowest BCUT2D eigenvalue weighted by Gasteiger charge is -2.39. The summed E-state index contributed by atoms with van der Waals surface area (Å²) < 4.78 is 2.00. The maximum Gasteiger partial charge on any atom is 0.253 e. The maximum atomic E-state index is 13.6. The monoisotopic (exact) mass is 567 g/mol. The minimum atomic E-state index is -0.308. The lowest BCUT2D eigenvalue weighted by atomic mass is 10.00. The number of rotatable bonds is 6. The number of halogens is 2. The van der Waals surface area contributed by atoms with Gasteiger partial charge in [0.2, 0.25) is 0 Å². The van der Waals surface area contributed by atoms with E-state index in [4.69, 9.17) is 11.6 Å². The third-order valence-electron chi connectivity index (χ3n) is 8.14. The Morgan fingerprint density at radius 1 is 1.03 bits per heavy atom. The van der Waals surface area contributed by atoms with E-state index in [-0.39, 0.29) is 30.0 Å². The SMILES string of the molecule is Cc1cc(C)c2[nH]c(=O)c(C(c3nnnn3C3CCCC3)N3CCN(Cc4ccc(Cl)cc4)CC3)cc2c1.Cl. The van der Waals surface area contributed by atoms with Crippen molar-refractivity contribution in [2.24, 2.45) is 0 Å². The molecule has 2 fully saturated rings. The van der Waals surface area contributed by atoms with E-state index in [9.17, 15) is 4.79 Å². The van der Waals surface area contributed by atoms with Gasteiger partial charge in [-0.25, -0.2) is 4.68 Å². The van der Waals surface area contributed by atoms with Crippen LogP contribution in [0.2, 0.25) is 5.02 Å². The number of aromatic amines is 1. The van der Waals surface area contributed by atoms with E-state index in [1.54, 1.807) is 0 Å². The average molecular weight is 569 g/mol. The van der Waals surface area contributed by atoms with Crippen molar-refractivity contribution in [1.82, 2.24) is 35.0 Å². The molecule has 2 aliphatic rings. The first kappa shape index (κ1) is 27.8. The highest BCUT2D eigenvalue weighted by Crippen LogP contribution is 2.34. The number of piperazine rings is 1. The van der Waals surface area contributed by atoms with Crippen LogP contribution in [0.25, 0.3) is 10.9 Å². The molecule has 1 saturated heterocycles. The van der Waals surface area contributed by atoms with Crippen LogP contribution in [0.15, 0.2) is 47.3 Å². The molecule has 0 radical (unpaired) electrons. The highest BCUT2D eigenvalue weighted by Gasteiger charge is 2.34. The Morgan fingerprint density at radius 3 is 2.46 bits per heavy atom. The number of hydrogen-bond donors (Lipinski definition) is 1. The molecule has 1 unspecified atom stereocenters. The molecule has 206 valence electrons. The van der Waals surface area contributed by atoms with E-state index < -0.39 is 0 Å². The Hall–Kier alpha value is -2.78. The van der Waals surface area contributed by atoms with Crippen molar-refractivity contribution in [2.75, 3.05) is 26.2 Å². The van der Waals surface area contributed by atoms with Gasteiger partial charge in [-0.15, -0.1) is 17.5 Å². The maximum absolute atomic E-state index is 13.6. The van der Waals surface area contributed by atoms with Crippen molar-refractivity contribution in [3.8, 4) is 0 Å². The molecule has 1 aliphatic carbocycles. The number of nitrogens with zero attached hydrogens (tertiary/aromatic N) is 6. The van der Waals surface area contributed by atoms with Gasteiger partial charge in [-0.05, 0) is 77.9 Å². The largest absolute Gasteiger partial charge is 0.321 e. The predicted octanol–water partition coefficient (Wildman–Crippen LogP) is 5.23. The highest BCUT2D eigenvalue weighted by molar-refractivity contribution is 6.30. The number of fused-ring (bicyclic) bond motifs is 1. The Bertz CT molecular complexity index is 1490. The van der Waals surface area contributed by atoms with Crippen LogP contribution in [0, 0.1) is 13.8 Å². The first-order chi connectivity index (χ1) is 18.5. The van der Waals surface area contributed by atoms with E-state index >= 15 is 0 Å². The van der Waals surface area contributed by atoms with Gasteiger partial charge in [0, 0.05) is 43.3 Å². The second-order valence-corrected chi connectivity index (χ2v) is 11.3. The number of hydrogen-bond acceptors (Lipinski definition) is 6. The summed E-state index contributed by atoms with van der Waals surface area (Å²) in [5.41, 5.74) is 5.04. The number of benzene rings is 2. The lowest BCUT2D eigenvalue weighted by molar-refractivity contribution is 0.0989. The summed E-state index contributed by atoms with van der Waals surface area (Å²) in [6.07, 6.45) is 4.53. The fourth-order valence-corrected chi connectivity index (χ4v) is 6.35. The molecule has 39 heavy (non-hydrogen) atoms. The molecule has 1 saturated carbocycles. The minimum Gasteiger partial charge on any atom is -0.321 e. The Labute approximate surface area is 239 Å². The quantitative estimate of drug-likeness (QED) is 0.343. The van der Waals surface area contributed by atoms with Crippen molar-refractivity contribution in [1.29, 1.82) is 0 Å². The van der Waals surface area contributed by atoms with Crippen molar-refractivity contribution in [2.45, 2.75) is 58.2 Å². The summed E-state index contributed by atoms with van der Waals surface area (Å²) >= 11 is 6.08. The molecule has 1 aliphatic heterocycles. The van der Waals surface area contributed by atoms with Gasteiger partial charge in [0.25, 0.3) is 5.56 Å². The molecule has 0 bridgehead atoms. The lowest BCUT2D eigenvalue weighted by Crippen LogP contribution is -2.48. The molecule has 10 heteroatoms. The number of aromatic nitrogens is 5. The van der Waals surface area contributed by atoms with Crippen LogP contribution in [0.3, 0.4) is 0 Å². The average Bonchev–Trinajstić information content (AvgIpc) is 3.60. The Balaban J connectivity index is 0.00000308. The molecular weight excluding hydrogens is 533 g/mol. The summed E-state index contributed by atoms with van der Waals surface area (Å²) in [4.78, 5) is 21.7. The Morgan fingerprint density at radius 2 is 1.74 bits per heavy atom. The zero-order valence-electron chi connectivity index (χ0n) is 22.4. The van der Waals surface area contributed by atoms with Gasteiger partial charge in [-0.2, -0.15) is 0 Å². The first-order valence-corrected chi connectivity index (χ1v) is 14.0. The van der Waals surface area contributed by atoms with Gasteiger partial charge in [0.1, 0.15) is 6.04 Å². The number of pyridine rings is 1. The third-order valence-corrected chi connectivity index (χ3v) is 8.39. The minimum absolute atomic E-state index is 0. The number of nitrogens with one attached hydrogen (secondary N) is 1. The van der Waals surface area contributed by atoms with E-state index in [2.05, 4.69) is 67.6 Å². The topological polar surface area (TPSA) is 82.9 Å². The molecule has 0 amide bonds. The summed E-state index contributed by atoms with van der Waals surface area (Å²) in [5.74, 6) is 0.775. The zero-order valence-corrected chi connectivity index (χ0v) is 24.0. The number of tetrazole rings is 1. The molecular formula is C29H35Cl2N7O. The smallest absolute Gasteiger partial charge is 0.253 e. The second kappa shape index (κ2) is 11.8. The standard InChI is InChI=1S/C29H34ClN7O.ClH/c1-19-15-20(2)26-22(16-19)17-25(29(38)31-26)27(28-32-33-34-37(28)24-5-3-4-6-24)36-13-11-35(12-14-36)18-21-7-9-23(30)10-8-21;/h7-10,15-17,24,27H,3-6,11-14,18H2,1-2H3,(H,31,38);1H. The van der Waals surface area contributed by atoms with Crippen LogP contribution in [0.1, 0.15) is 65.8 Å². The zero-order chi connectivity index (χ0) is 26.2. The molecule has 6 rings (SSSR count). The highest BCUT2D eigenvalue weighted by atomic mass is 35.5. The van der Waals surface area contributed by atoms with E-state index in [0.29, 0.717) is 5.56 Å². The van der Waals surface area contributed by atoms with Gasteiger partial charge < -0.3 is 4.98 Å². The van der Waals surface area contributed by atoms with E-state index in [1.165, 1.54) is 24.0 Å². The predicted molar refractivity (Wildman–Crippen MR) is 157 cm³/mol. The van der Waals surface area contributed by atoms with Crippen LogP contribution in [-0.4, -0.2) is 61.2 Å². The van der Waals surface area contributed by atoms with Crippen LogP contribution in [0.4, 0.5) is 0 Å². The number of aryl methyl sites for hydroxylation is 2. The van der Waals surface area contributed by atoms with Gasteiger partial charge in [-0.1, -0.05) is 48.2 Å². The van der Waals surface area contributed by atoms with Crippen LogP contribution in [0.5, 0.6) is 0 Å². The van der Waals surface area contributed by atoms with Gasteiger partial charge >= 0.3 is 0 Å². The molecule has 0 spiro atoms. The van der Waals surface area contributed by atoms with Gasteiger partial charge in [0.05, 0.1) is 11.6 Å². The molecule has 4 aromatic rings. The molecule has 3 heterocycles. The van der Waals surface area contributed by atoms with Gasteiger partial charge in [0.15, 0.2) is 5.82 Å². The molecule has 2 aromatic carbocycles. The van der Waals surface area contributed by atoms with Crippen LogP contribution in [-0.2, 0) is 6.54 Å². The third kappa shape index (κ3) is 5.75. The van der Waals surface area contributed by atoms with Crippen molar-refractivity contribution in [3.05, 3.63) is 85.9 Å². The summed E-state index contributed by atoms with van der Waals surface area (Å²) in [6, 6.07) is 14.4. The van der Waals surface area contributed by atoms with E-state index in [1.807, 2.05) is 23.7 Å². The van der Waals surface area contributed by atoms with Crippen LogP contribution < -0.4 is 5.56 Å². The molecule has 2 aromatic heterocycles. The number of H-pyrrole nitrogens is 1. The summed E-state index contributed by atoms with van der Waals surface area (Å²) in [5, 5.41) is 14.9. The van der Waals surface area contributed by atoms with E-state index in [0.717, 1.165) is 72.9 Å². The normalized spacial score (nSPS) is 17.9. The van der Waals surface area contributed by atoms with Crippen molar-refractivity contribution >= 4 is 34.9 Å². The summed E-state index contributed by atoms with van der Waals surface area (Å²) in [7, 11) is 0. The molecule has 1 N–H and O–H groups in total. The van der Waals surface area contributed by atoms with Crippen molar-refractivity contribution < 1.29 is 0 Å². The first-order valence-electron chi connectivity index (χ1n) is 13.6. The second-order valence-electron chi connectivity index (χ2n) is 10.9. The fourth-order valence-electron chi connectivity index (χ4n) is 6.22. The van der Waals surface area contributed by atoms with Gasteiger partial charge in [-0.3, -0.25) is 14.6 Å². The van der Waals surface area contributed by atoms with Crippen molar-refractivity contribution in [3.63, 3.8) is 0 Å². The molecule has 8 nitrogen and oxygen atoms in total. The van der Waals surface area contributed by atoms with Crippen LogP contribution >= 0.6 is 24.0 Å².